The first-order chi connectivity index (χ1) is 7.04. The van der Waals surface area contributed by atoms with Crippen molar-refractivity contribution in [2.45, 2.75) is 12.8 Å². The third-order valence-corrected chi connectivity index (χ3v) is 4.17. The Morgan fingerprint density at radius 2 is 2.07 bits per heavy atom. The third kappa shape index (κ3) is 7.13. The summed E-state index contributed by atoms with van der Waals surface area (Å²) in [6.07, 6.45) is 3.54. The van der Waals surface area contributed by atoms with E-state index in [1.54, 1.807) is 18.8 Å². The van der Waals surface area contributed by atoms with Gasteiger partial charge in [-0.15, -0.1) is 0 Å². The number of nitrogens with one attached hydrogen (secondary N) is 1. The van der Waals surface area contributed by atoms with Crippen LogP contribution in [0.25, 0.3) is 0 Å². The van der Waals surface area contributed by atoms with Crippen LogP contribution in [0.3, 0.4) is 0 Å². The normalized spacial score (nSPS) is 12.3. The van der Waals surface area contributed by atoms with Gasteiger partial charge in [-0.1, -0.05) is 0 Å². The fourth-order valence-corrected chi connectivity index (χ4v) is 2.39. The summed E-state index contributed by atoms with van der Waals surface area (Å²) in [6, 6.07) is 0. The molecule has 15 heavy (non-hydrogen) atoms. The van der Waals surface area contributed by atoms with Gasteiger partial charge in [-0.2, -0.15) is 24.5 Å². The van der Waals surface area contributed by atoms with Crippen LogP contribution in [0.15, 0.2) is 0 Å². The summed E-state index contributed by atoms with van der Waals surface area (Å²) in [6.45, 7) is 1.47. The van der Waals surface area contributed by atoms with Crippen LogP contribution in [-0.2, 0) is 10.2 Å². The second kappa shape index (κ2) is 8.35. The molecule has 0 unspecified atom stereocenters. The lowest BCUT2D eigenvalue weighted by molar-refractivity contribution is 0.453. The van der Waals surface area contributed by atoms with Crippen molar-refractivity contribution < 1.29 is 8.42 Å². The molecular formula is C8H21N3O2S2. The molecule has 0 aliphatic heterocycles. The lowest BCUT2D eigenvalue weighted by Crippen LogP contribution is -2.39. The van der Waals surface area contributed by atoms with Gasteiger partial charge in [0.25, 0.3) is 10.2 Å². The Hall–Kier alpha value is 0.180. The van der Waals surface area contributed by atoms with Crippen molar-refractivity contribution in [1.82, 2.24) is 9.03 Å². The number of hydrogen-bond donors (Lipinski definition) is 2. The number of nitrogens with two attached hydrogens (primary N) is 1. The van der Waals surface area contributed by atoms with Crippen molar-refractivity contribution >= 4 is 22.0 Å². The summed E-state index contributed by atoms with van der Waals surface area (Å²) in [4.78, 5) is 0. The number of nitrogens with zero attached hydrogens (tertiary/aromatic N) is 1. The Kier molecular flexibility index (Phi) is 8.45. The summed E-state index contributed by atoms with van der Waals surface area (Å²) in [7, 11) is -1.73. The van der Waals surface area contributed by atoms with Crippen LogP contribution in [-0.4, -0.2) is 51.4 Å². The molecule has 0 aromatic carbocycles. The van der Waals surface area contributed by atoms with Crippen molar-refractivity contribution in [2.75, 3.05) is 38.7 Å². The van der Waals surface area contributed by atoms with E-state index in [0.29, 0.717) is 26.1 Å². The zero-order chi connectivity index (χ0) is 11.7. The van der Waals surface area contributed by atoms with Gasteiger partial charge in [-0.3, -0.25) is 0 Å². The number of thioether (sulfide) groups is 1. The fraction of sp³-hybridized carbons (Fsp3) is 1.00. The van der Waals surface area contributed by atoms with E-state index in [2.05, 4.69) is 4.72 Å². The number of hydrogen-bond acceptors (Lipinski definition) is 4. The van der Waals surface area contributed by atoms with Gasteiger partial charge in [0.05, 0.1) is 0 Å². The largest absolute Gasteiger partial charge is 0.330 e. The van der Waals surface area contributed by atoms with E-state index in [1.807, 2.05) is 6.26 Å². The van der Waals surface area contributed by atoms with Gasteiger partial charge in [0.2, 0.25) is 0 Å². The molecule has 0 spiro atoms. The molecular weight excluding hydrogens is 234 g/mol. The predicted molar refractivity (Wildman–Crippen MR) is 66.2 cm³/mol. The minimum absolute atomic E-state index is 0.467. The van der Waals surface area contributed by atoms with Gasteiger partial charge in [-0.25, -0.2) is 4.72 Å². The smallest absolute Gasteiger partial charge is 0.279 e. The van der Waals surface area contributed by atoms with Gasteiger partial charge < -0.3 is 5.73 Å². The van der Waals surface area contributed by atoms with Gasteiger partial charge >= 0.3 is 0 Å². The Labute approximate surface area is 97.0 Å². The van der Waals surface area contributed by atoms with E-state index >= 15 is 0 Å². The molecule has 0 radical (unpaired) electrons. The third-order valence-electron chi connectivity index (χ3n) is 1.90. The highest BCUT2D eigenvalue weighted by atomic mass is 32.2. The molecule has 0 aliphatic carbocycles. The quantitative estimate of drug-likeness (QED) is 0.562. The molecule has 0 saturated carbocycles. The van der Waals surface area contributed by atoms with E-state index in [9.17, 15) is 8.42 Å². The SMILES string of the molecule is CSCCCNS(=O)(=O)N(C)CCCN. The Morgan fingerprint density at radius 1 is 1.40 bits per heavy atom. The minimum Gasteiger partial charge on any atom is -0.330 e. The molecule has 92 valence electrons. The van der Waals surface area contributed by atoms with Crippen LogP contribution < -0.4 is 10.5 Å². The summed E-state index contributed by atoms with van der Waals surface area (Å²) < 4.78 is 27.0. The van der Waals surface area contributed by atoms with Gasteiger partial charge in [-0.05, 0) is 31.4 Å². The minimum atomic E-state index is -3.29. The van der Waals surface area contributed by atoms with Gasteiger partial charge in [0.15, 0.2) is 0 Å². The molecule has 0 aromatic heterocycles. The highest BCUT2D eigenvalue weighted by Gasteiger charge is 2.15. The highest BCUT2D eigenvalue weighted by Crippen LogP contribution is 1.97. The summed E-state index contributed by atoms with van der Waals surface area (Å²) >= 11 is 1.71. The first kappa shape index (κ1) is 15.2. The fourth-order valence-electron chi connectivity index (χ4n) is 0.962. The second-order valence-electron chi connectivity index (χ2n) is 3.21. The maximum absolute atomic E-state index is 11.6. The molecule has 0 bridgehead atoms. The predicted octanol–water partition coefficient (Wildman–Crippen LogP) is -0.145. The molecule has 3 N–H and O–H groups in total. The maximum atomic E-state index is 11.6. The van der Waals surface area contributed by atoms with Crippen LogP contribution in [0, 0.1) is 0 Å². The van der Waals surface area contributed by atoms with Crippen molar-refractivity contribution in [1.29, 1.82) is 0 Å². The monoisotopic (exact) mass is 255 g/mol. The molecule has 0 aromatic rings. The lowest BCUT2D eigenvalue weighted by Gasteiger charge is -2.16. The Morgan fingerprint density at radius 3 is 2.60 bits per heavy atom. The van der Waals surface area contributed by atoms with Crippen molar-refractivity contribution in [3.63, 3.8) is 0 Å². The van der Waals surface area contributed by atoms with Crippen molar-refractivity contribution in [2.24, 2.45) is 5.73 Å². The van der Waals surface area contributed by atoms with Crippen LogP contribution in [0.4, 0.5) is 0 Å². The molecule has 0 atom stereocenters. The standard InChI is InChI=1S/C8H21N3O2S2/c1-11(7-3-5-9)15(12,13)10-6-4-8-14-2/h10H,3-9H2,1-2H3. The van der Waals surface area contributed by atoms with Crippen LogP contribution in [0.2, 0.25) is 0 Å². The van der Waals surface area contributed by atoms with E-state index in [-0.39, 0.29) is 0 Å². The molecule has 7 heteroatoms. The van der Waals surface area contributed by atoms with Gasteiger partial charge in [0, 0.05) is 20.1 Å². The summed E-state index contributed by atoms with van der Waals surface area (Å²) in [5.41, 5.74) is 5.32. The molecule has 0 rings (SSSR count). The first-order valence-corrected chi connectivity index (χ1v) is 7.78. The zero-order valence-corrected chi connectivity index (χ0v) is 11.0. The van der Waals surface area contributed by atoms with E-state index in [1.165, 1.54) is 4.31 Å². The Bertz CT molecular complexity index is 244. The van der Waals surface area contributed by atoms with Crippen LogP contribution in [0.5, 0.6) is 0 Å². The number of rotatable bonds is 9. The van der Waals surface area contributed by atoms with Crippen LogP contribution in [0.1, 0.15) is 12.8 Å². The maximum Gasteiger partial charge on any atom is 0.279 e. The summed E-state index contributed by atoms with van der Waals surface area (Å²) in [5.74, 6) is 0.967. The zero-order valence-electron chi connectivity index (χ0n) is 9.40. The molecule has 5 nitrogen and oxygen atoms in total. The Balaban J connectivity index is 3.84. The van der Waals surface area contributed by atoms with Gasteiger partial charge in [0.1, 0.15) is 0 Å². The van der Waals surface area contributed by atoms with E-state index < -0.39 is 10.2 Å². The average Bonchev–Trinajstić information content (AvgIpc) is 2.21. The first-order valence-electron chi connectivity index (χ1n) is 4.94. The lowest BCUT2D eigenvalue weighted by atomic mass is 10.4. The molecule has 0 amide bonds. The molecule has 0 aliphatic rings. The van der Waals surface area contributed by atoms with Crippen molar-refractivity contribution in [3.8, 4) is 0 Å². The molecule has 0 fully saturated rings. The second-order valence-corrected chi connectivity index (χ2v) is 6.06. The highest BCUT2D eigenvalue weighted by molar-refractivity contribution is 7.98. The summed E-state index contributed by atoms with van der Waals surface area (Å²) in [5, 5.41) is 0. The average molecular weight is 255 g/mol. The van der Waals surface area contributed by atoms with E-state index in [0.717, 1.165) is 12.2 Å². The molecule has 0 saturated heterocycles. The van der Waals surface area contributed by atoms with Crippen LogP contribution >= 0.6 is 11.8 Å². The van der Waals surface area contributed by atoms with Crippen molar-refractivity contribution in [3.05, 3.63) is 0 Å². The van der Waals surface area contributed by atoms with E-state index in [4.69, 9.17) is 5.73 Å². The topological polar surface area (TPSA) is 75.4 Å². The molecule has 0 heterocycles.